The number of nitrogens with one attached hydrogen (secondary N) is 1. The summed E-state index contributed by atoms with van der Waals surface area (Å²) < 4.78 is 14.8. The normalized spacial score (nSPS) is 11.0. The number of amides is 1. The second-order valence-corrected chi connectivity index (χ2v) is 5.48. The molecule has 0 saturated heterocycles. The molecule has 10 heteroatoms. The first-order valence-electron chi connectivity index (χ1n) is 7.75. The Kier molecular flexibility index (Phi) is 4.06. The number of benzene rings is 1. The molecule has 1 amide bonds. The van der Waals surface area contributed by atoms with E-state index in [-0.39, 0.29) is 18.3 Å². The molecule has 0 unspecified atom stereocenters. The van der Waals surface area contributed by atoms with Gasteiger partial charge < -0.3 is 5.32 Å². The molecule has 0 aliphatic heterocycles. The van der Waals surface area contributed by atoms with E-state index in [0.29, 0.717) is 23.6 Å². The molecule has 4 rings (SSSR count). The van der Waals surface area contributed by atoms with E-state index in [2.05, 4.69) is 30.7 Å². The lowest BCUT2D eigenvalue weighted by atomic mass is 10.2. The molecule has 4 aromatic rings. The standard InChI is InChI=1S/C16H13FN8O/c17-12-3-1-11(2-4-12)16-21-23-25(22-16)10-15(26)20-8-13-7-19-14-9-18-5-6-24(13)14/h1-7,9H,8,10H2,(H,20,26). The zero-order chi connectivity index (χ0) is 17.9. The summed E-state index contributed by atoms with van der Waals surface area (Å²) in [5.74, 6) is -0.284. The number of halogens is 1. The molecule has 3 aromatic heterocycles. The molecule has 130 valence electrons. The van der Waals surface area contributed by atoms with Gasteiger partial charge in [0, 0.05) is 18.0 Å². The van der Waals surface area contributed by atoms with E-state index >= 15 is 0 Å². The Balaban J connectivity index is 1.38. The molecule has 0 spiro atoms. The van der Waals surface area contributed by atoms with Crippen molar-refractivity contribution in [3.05, 3.63) is 60.6 Å². The first kappa shape index (κ1) is 15.8. The third kappa shape index (κ3) is 3.24. The maximum atomic E-state index is 13.0. The SMILES string of the molecule is O=C(Cn1nnc(-c2ccc(F)cc2)n1)NCc1cnc2cnccn12. The van der Waals surface area contributed by atoms with Crippen LogP contribution in [0.1, 0.15) is 5.69 Å². The van der Waals surface area contributed by atoms with Crippen LogP contribution in [0.15, 0.2) is 49.1 Å². The molecule has 0 fully saturated rings. The topological polar surface area (TPSA) is 103 Å². The van der Waals surface area contributed by atoms with Crippen LogP contribution < -0.4 is 5.32 Å². The third-order valence-corrected chi connectivity index (χ3v) is 3.70. The zero-order valence-electron chi connectivity index (χ0n) is 13.4. The molecule has 0 radical (unpaired) electrons. The number of nitrogens with zero attached hydrogens (tertiary/aromatic N) is 7. The lowest BCUT2D eigenvalue weighted by molar-refractivity contribution is -0.122. The number of rotatable bonds is 5. The second kappa shape index (κ2) is 6.67. The average molecular weight is 352 g/mol. The van der Waals surface area contributed by atoms with E-state index in [4.69, 9.17) is 0 Å². The summed E-state index contributed by atoms with van der Waals surface area (Å²) >= 11 is 0. The van der Waals surface area contributed by atoms with Crippen LogP contribution in [0.3, 0.4) is 0 Å². The highest BCUT2D eigenvalue weighted by molar-refractivity contribution is 5.75. The van der Waals surface area contributed by atoms with Crippen LogP contribution in [0.25, 0.3) is 17.0 Å². The summed E-state index contributed by atoms with van der Waals surface area (Å²) in [5.41, 5.74) is 2.16. The van der Waals surface area contributed by atoms with Crippen LogP contribution in [-0.4, -0.2) is 40.5 Å². The molecule has 3 heterocycles. The van der Waals surface area contributed by atoms with Gasteiger partial charge in [-0.2, -0.15) is 4.80 Å². The highest BCUT2D eigenvalue weighted by Gasteiger charge is 2.10. The highest BCUT2D eigenvalue weighted by Crippen LogP contribution is 2.13. The second-order valence-electron chi connectivity index (χ2n) is 5.48. The van der Waals surface area contributed by atoms with Gasteiger partial charge >= 0.3 is 0 Å². The number of carbonyl (C=O) groups excluding carboxylic acids is 1. The Labute approximate surface area is 146 Å². The zero-order valence-corrected chi connectivity index (χ0v) is 13.4. The van der Waals surface area contributed by atoms with Crippen LogP contribution >= 0.6 is 0 Å². The van der Waals surface area contributed by atoms with Gasteiger partial charge in [0.15, 0.2) is 5.65 Å². The Bertz CT molecular complexity index is 1060. The van der Waals surface area contributed by atoms with E-state index in [1.165, 1.54) is 16.9 Å². The molecule has 0 aliphatic carbocycles. The predicted octanol–water partition coefficient (Wildman–Crippen LogP) is 0.838. The molecular formula is C16H13FN8O. The number of imidazole rings is 1. The highest BCUT2D eigenvalue weighted by atomic mass is 19.1. The number of hydrogen-bond acceptors (Lipinski definition) is 6. The summed E-state index contributed by atoms with van der Waals surface area (Å²) in [6.45, 7) is 0.232. The minimum Gasteiger partial charge on any atom is -0.349 e. The molecule has 0 bridgehead atoms. The fourth-order valence-corrected chi connectivity index (χ4v) is 2.42. The van der Waals surface area contributed by atoms with Gasteiger partial charge in [-0.3, -0.25) is 14.2 Å². The number of tetrazole rings is 1. The van der Waals surface area contributed by atoms with E-state index in [0.717, 1.165) is 5.69 Å². The Morgan fingerprint density at radius 1 is 1.19 bits per heavy atom. The van der Waals surface area contributed by atoms with Crippen LogP contribution in [-0.2, 0) is 17.9 Å². The van der Waals surface area contributed by atoms with Crippen molar-refractivity contribution < 1.29 is 9.18 Å². The quantitative estimate of drug-likeness (QED) is 0.571. The van der Waals surface area contributed by atoms with Crippen molar-refractivity contribution in [2.24, 2.45) is 0 Å². The number of aromatic nitrogens is 7. The molecule has 1 aromatic carbocycles. The van der Waals surface area contributed by atoms with Gasteiger partial charge in [0.1, 0.15) is 12.4 Å². The minimum atomic E-state index is -0.344. The largest absolute Gasteiger partial charge is 0.349 e. The molecule has 26 heavy (non-hydrogen) atoms. The first-order valence-corrected chi connectivity index (χ1v) is 7.75. The molecule has 1 N–H and O–H groups in total. The van der Waals surface area contributed by atoms with Gasteiger partial charge in [-0.05, 0) is 29.5 Å². The van der Waals surface area contributed by atoms with Crippen molar-refractivity contribution in [2.45, 2.75) is 13.1 Å². The van der Waals surface area contributed by atoms with Gasteiger partial charge in [-0.1, -0.05) is 0 Å². The van der Waals surface area contributed by atoms with Crippen molar-refractivity contribution in [3.63, 3.8) is 0 Å². The maximum absolute atomic E-state index is 13.0. The monoisotopic (exact) mass is 352 g/mol. The van der Waals surface area contributed by atoms with Gasteiger partial charge in [0.2, 0.25) is 11.7 Å². The maximum Gasteiger partial charge on any atom is 0.243 e. The Hall–Kier alpha value is -3.69. The smallest absolute Gasteiger partial charge is 0.243 e. The first-order chi connectivity index (χ1) is 12.7. The average Bonchev–Trinajstić information content (AvgIpc) is 3.28. The van der Waals surface area contributed by atoms with Crippen molar-refractivity contribution >= 4 is 11.6 Å². The van der Waals surface area contributed by atoms with E-state index in [9.17, 15) is 9.18 Å². The number of fused-ring (bicyclic) bond motifs is 1. The fraction of sp³-hybridized carbons (Fsp3) is 0.125. The van der Waals surface area contributed by atoms with Gasteiger partial charge in [0.05, 0.1) is 24.6 Å². The van der Waals surface area contributed by atoms with Gasteiger partial charge in [0.25, 0.3) is 0 Å². The van der Waals surface area contributed by atoms with E-state index in [1.807, 2.05) is 4.40 Å². The van der Waals surface area contributed by atoms with Crippen molar-refractivity contribution in [3.8, 4) is 11.4 Å². The molecule has 0 aliphatic rings. The van der Waals surface area contributed by atoms with Crippen molar-refractivity contribution in [1.29, 1.82) is 0 Å². The van der Waals surface area contributed by atoms with Crippen molar-refractivity contribution in [1.82, 2.24) is 39.9 Å². The lowest BCUT2D eigenvalue weighted by Gasteiger charge is -2.04. The van der Waals surface area contributed by atoms with E-state index < -0.39 is 0 Å². The van der Waals surface area contributed by atoms with Crippen LogP contribution in [0, 0.1) is 5.82 Å². The van der Waals surface area contributed by atoms with Crippen LogP contribution in [0.4, 0.5) is 4.39 Å². The lowest BCUT2D eigenvalue weighted by Crippen LogP contribution is -2.28. The predicted molar refractivity (Wildman–Crippen MR) is 88.0 cm³/mol. The Morgan fingerprint density at radius 2 is 2.04 bits per heavy atom. The molecule has 9 nitrogen and oxygen atoms in total. The number of hydrogen-bond donors (Lipinski definition) is 1. The van der Waals surface area contributed by atoms with Crippen molar-refractivity contribution in [2.75, 3.05) is 0 Å². The molecule has 0 atom stereocenters. The molecule has 0 saturated carbocycles. The summed E-state index contributed by atoms with van der Waals surface area (Å²) in [7, 11) is 0. The minimum absolute atomic E-state index is 0.0769. The summed E-state index contributed by atoms with van der Waals surface area (Å²) in [4.78, 5) is 21.5. The van der Waals surface area contributed by atoms with Crippen LogP contribution in [0.5, 0.6) is 0 Å². The number of carbonyl (C=O) groups is 1. The Morgan fingerprint density at radius 3 is 2.88 bits per heavy atom. The van der Waals surface area contributed by atoms with E-state index in [1.54, 1.807) is 36.9 Å². The third-order valence-electron chi connectivity index (χ3n) is 3.70. The summed E-state index contributed by atoms with van der Waals surface area (Å²) in [5, 5.41) is 14.6. The van der Waals surface area contributed by atoms with Crippen LogP contribution in [0.2, 0.25) is 0 Å². The summed E-state index contributed by atoms with van der Waals surface area (Å²) in [6.07, 6.45) is 6.74. The summed E-state index contributed by atoms with van der Waals surface area (Å²) in [6, 6.07) is 5.73. The molecular weight excluding hydrogens is 339 g/mol. The van der Waals surface area contributed by atoms with Gasteiger partial charge in [-0.15, -0.1) is 10.2 Å². The fourth-order valence-electron chi connectivity index (χ4n) is 2.42. The van der Waals surface area contributed by atoms with Gasteiger partial charge in [-0.25, -0.2) is 9.37 Å².